The van der Waals surface area contributed by atoms with Gasteiger partial charge in [0.25, 0.3) is 0 Å². The van der Waals surface area contributed by atoms with Crippen LogP contribution in [-0.4, -0.2) is 66.7 Å². The normalized spacial score (nSPS) is 16.0. The lowest BCUT2D eigenvalue weighted by molar-refractivity contribution is 0.00990. The summed E-state index contributed by atoms with van der Waals surface area (Å²) in [5, 5.41) is 8.15. The highest BCUT2D eigenvalue weighted by Gasteiger charge is 2.22. The number of aromatic nitrogens is 2. The summed E-state index contributed by atoms with van der Waals surface area (Å²) in [7, 11) is 3.77. The lowest BCUT2D eigenvalue weighted by Crippen LogP contribution is -2.47. The number of likely N-dealkylation sites (tertiary alicyclic amines) is 1. The third-order valence-electron chi connectivity index (χ3n) is 5.34. The largest absolute Gasteiger partial charge is 0.385 e. The van der Waals surface area contributed by atoms with Crippen molar-refractivity contribution in [2.75, 3.05) is 40.0 Å². The second-order valence-electron chi connectivity index (χ2n) is 7.28. The van der Waals surface area contributed by atoms with Crippen LogP contribution in [0.25, 0.3) is 0 Å². The molecule has 0 unspecified atom stereocenters. The molecule has 1 aliphatic heterocycles. The maximum atomic E-state index is 5.99. The minimum absolute atomic E-state index is 0.354. The smallest absolute Gasteiger partial charge is 0.194 e. The number of hydrogen-bond acceptors (Lipinski definition) is 4. The zero-order chi connectivity index (χ0) is 20.4. The average molecular weight is 394 g/mol. The van der Waals surface area contributed by atoms with Crippen LogP contribution in [0.1, 0.15) is 57.0 Å². The standard InChI is InChI=1S/C21H39N5O2/c1-6-19-18(20(7-2)25(4)24-19)16-23-21(22-8-3)26-12-10-17(11-13-26)28-15-9-14-27-5/h17H,6-16H2,1-5H3,(H,22,23). The van der Waals surface area contributed by atoms with Crippen LogP contribution in [0.4, 0.5) is 0 Å². The van der Waals surface area contributed by atoms with E-state index in [9.17, 15) is 0 Å². The summed E-state index contributed by atoms with van der Waals surface area (Å²) in [5.74, 6) is 1.01. The van der Waals surface area contributed by atoms with Gasteiger partial charge >= 0.3 is 0 Å². The molecule has 1 fully saturated rings. The van der Waals surface area contributed by atoms with E-state index in [0.29, 0.717) is 12.6 Å². The van der Waals surface area contributed by atoms with E-state index in [4.69, 9.17) is 14.5 Å². The van der Waals surface area contributed by atoms with Crippen molar-refractivity contribution in [3.05, 3.63) is 17.0 Å². The number of ether oxygens (including phenoxy) is 2. The molecule has 2 rings (SSSR count). The van der Waals surface area contributed by atoms with Gasteiger partial charge in [0.2, 0.25) is 0 Å². The molecule has 0 aliphatic carbocycles. The summed E-state index contributed by atoms with van der Waals surface area (Å²) < 4.78 is 13.1. The SMILES string of the molecule is CCNC(=NCc1c(CC)nn(C)c1CC)N1CCC(OCCCOC)CC1. The molecule has 0 spiro atoms. The second kappa shape index (κ2) is 12.1. The first kappa shape index (κ1) is 22.7. The molecular formula is C21H39N5O2. The molecular weight excluding hydrogens is 354 g/mol. The monoisotopic (exact) mass is 393 g/mol. The molecule has 0 atom stereocenters. The van der Waals surface area contributed by atoms with Crippen LogP contribution in [0.15, 0.2) is 4.99 Å². The fraction of sp³-hybridized carbons (Fsp3) is 0.810. The van der Waals surface area contributed by atoms with E-state index in [-0.39, 0.29) is 0 Å². The molecule has 7 heteroatoms. The first-order chi connectivity index (χ1) is 13.6. The van der Waals surface area contributed by atoms with Crippen molar-refractivity contribution in [3.8, 4) is 0 Å². The van der Waals surface area contributed by atoms with Crippen molar-refractivity contribution >= 4 is 5.96 Å². The van der Waals surface area contributed by atoms with Gasteiger partial charge in [-0.3, -0.25) is 4.68 Å². The van der Waals surface area contributed by atoms with E-state index in [1.165, 1.54) is 17.0 Å². The molecule has 0 bridgehead atoms. The van der Waals surface area contributed by atoms with Crippen molar-refractivity contribution in [2.45, 2.75) is 65.5 Å². The molecule has 0 amide bonds. The second-order valence-corrected chi connectivity index (χ2v) is 7.28. The third kappa shape index (κ3) is 6.21. The van der Waals surface area contributed by atoms with Crippen molar-refractivity contribution in [3.63, 3.8) is 0 Å². The van der Waals surface area contributed by atoms with Crippen LogP contribution in [0, 0.1) is 0 Å². The van der Waals surface area contributed by atoms with Crippen molar-refractivity contribution in [1.82, 2.24) is 20.0 Å². The number of aliphatic imine (C=N–C) groups is 1. The Hall–Kier alpha value is -1.60. The number of nitrogens with one attached hydrogen (secondary N) is 1. The van der Waals surface area contributed by atoms with E-state index in [1.54, 1.807) is 7.11 Å². The molecule has 1 aliphatic rings. The maximum Gasteiger partial charge on any atom is 0.194 e. The van der Waals surface area contributed by atoms with Gasteiger partial charge in [-0.25, -0.2) is 4.99 Å². The quantitative estimate of drug-likeness (QED) is 0.376. The van der Waals surface area contributed by atoms with Crippen LogP contribution >= 0.6 is 0 Å². The van der Waals surface area contributed by atoms with Crippen molar-refractivity contribution < 1.29 is 9.47 Å². The summed E-state index contributed by atoms with van der Waals surface area (Å²) in [5.41, 5.74) is 3.75. The van der Waals surface area contributed by atoms with Gasteiger partial charge in [-0.15, -0.1) is 0 Å². The average Bonchev–Trinajstić information content (AvgIpc) is 3.03. The molecule has 0 radical (unpaired) electrons. The van der Waals surface area contributed by atoms with Gasteiger partial charge < -0.3 is 19.7 Å². The van der Waals surface area contributed by atoms with Gasteiger partial charge in [0.1, 0.15) is 0 Å². The highest BCUT2D eigenvalue weighted by atomic mass is 16.5. The first-order valence-electron chi connectivity index (χ1n) is 10.8. The number of rotatable bonds is 10. The summed E-state index contributed by atoms with van der Waals surface area (Å²) in [6.07, 6.45) is 5.34. The molecule has 0 aromatic carbocycles. The number of nitrogens with zero attached hydrogens (tertiary/aromatic N) is 4. The molecule has 1 aromatic rings. The van der Waals surface area contributed by atoms with Crippen LogP contribution in [0.2, 0.25) is 0 Å². The van der Waals surface area contributed by atoms with E-state index in [2.05, 4.69) is 36.1 Å². The molecule has 1 aromatic heterocycles. The lowest BCUT2D eigenvalue weighted by atomic mass is 10.1. The van der Waals surface area contributed by atoms with Gasteiger partial charge in [-0.2, -0.15) is 5.10 Å². The molecule has 160 valence electrons. The van der Waals surface area contributed by atoms with E-state index in [1.807, 2.05) is 11.7 Å². The van der Waals surface area contributed by atoms with Gasteiger partial charge in [0.05, 0.1) is 18.3 Å². The maximum absolute atomic E-state index is 5.99. The van der Waals surface area contributed by atoms with E-state index >= 15 is 0 Å². The van der Waals surface area contributed by atoms with Gasteiger partial charge in [0.15, 0.2) is 5.96 Å². The number of aryl methyl sites for hydroxylation is 2. The Bertz CT molecular complexity index is 606. The molecule has 1 N–H and O–H groups in total. The highest BCUT2D eigenvalue weighted by Crippen LogP contribution is 2.18. The predicted octanol–water partition coefficient (Wildman–Crippen LogP) is 2.53. The van der Waals surface area contributed by atoms with Crippen LogP contribution < -0.4 is 5.32 Å². The fourth-order valence-corrected chi connectivity index (χ4v) is 3.84. The van der Waals surface area contributed by atoms with Gasteiger partial charge in [0, 0.05) is 58.3 Å². The van der Waals surface area contributed by atoms with E-state index in [0.717, 1.165) is 70.9 Å². The highest BCUT2D eigenvalue weighted by molar-refractivity contribution is 5.80. The number of piperidine rings is 1. The van der Waals surface area contributed by atoms with Crippen molar-refractivity contribution in [1.29, 1.82) is 0 Å². The molecule has 0 saturated carbocycles. The fourth-order valence-electron chi connectivity index (χ4n) is 3.84. The van der Waals surface area contributed by atoms with Crippen molar-refractivity contribution in [2.24, 2.45) is 12.0 Å². The van der Waals surface area contributed by atoms with Gasteiger partial charge in [-0.1, -0.05) is 13.8 Å². The summed E-state index contributed by atoms with van der Waals surface area (Å²) >= 11 is 0. The topological polar surface area (TPSA) is 63.9 Å². The Balaban J connectivity index is 1.97. The third-order valence-corrected chi connectivity index (χ3v) is 5.34. The predicted molar refractivity (Wildman–Crippen MR) is 114 cm³/mol. The van der Waals surface area contributed by atoms with Crippen LogP contribution in [0.3, 0.4) is 0 Å². The molecule has 28 heavy (non-hydrogen) atoms. The zero-order valence-electron chi connectivity index (χ0n) is 18.5. The first-order valence-corrected chi connectivity index (χ1v) is 10.8. The number of methoxy groups -OCH3 is 1. The Morgan fingerprint density at radius 1 is 1.18 bits per heavy atom. The minimum atomic E-state index is 0.354. The Kier molecular flexibility index (Phi) is 9.78. The lowest BCUT2D eigenvalue weighted by Gasteiger charge is -2.34. The summed E-state index contributed by atoms with van der Waals surface area (Å²) in [6, 6.07) is 0. The Morgan fingerprint density at radius 3 is 2.54 bits per heavy atom. The number of hydrogen-bond donors (Lipinski definition) is 1. The van der Waals surface area contributed by atoms with Gasteiger partial charge in [-0.05, 0) is 39.0 Å². The Labute approximate surface area is 170 Å². The summed E-state index contributed by atoms with van der Waals surface area (Å²) in [6.45, 7) is 11.6. The van der Waals surface area contributed by atoms with Crippen LogP contribution in [0.5, 0.6) is 0 Å². The molecule has 1 saturated heterocycles. The number of guanidine groups is 1. The molecule has 7 nitrogen and oxygen atoms in total. The molecule has 2 heterocycles. The summed E-state index contributed by atoms with van der Waals surface area (Å²) in [4.78, 5) is 7.34. The van der Waals surface area contributed by atoms with Crippen LogP contribution in [-0.2, 0) is 35.9 Å². The van der Waals surface area contributed by atoms with E-state index < -0.39 is 0 Å². The Morgan fingerprint density at radius 2 is 1.93 bits per heavy atom. The zero-order valence-corrected chi connectivity index (χ0v) is 18.5. The minimum Gasteiger partial charge on any atom is -0.385 e.